The Morgan fingerprint density at radius 3 is 3.00 bits per heavy atom. The monoisotopic (exact) mass is 413 g/mol. The number of H-pyrrole nitrogens is 1. The van der Waals surface area contributed by atoms with Crippen molar-refractivity contribution in [3.8, 4) is 0 Å². The van der Waals surface area contributed by atoms with Crippen molar-refractivity contribution in [3.63, 3.8) is 0 Å². The van der Waals surface area contributed by atoms with Crippen LogP contribution in [0.15, 0.2) is 41.2 Å². The molecule has 0 spiro atoms. The minimum absolute atomic E-state index is 0. The predicted molar refractivity (Wildman–Crippen MR) is 113 cm³/mol. The summed E-state index contributed by atoms with van der Waals surface area (Å²) in [6.45, 7) is 4.00. The van der Waals surface area contributed by atoms with Gasteiger partial charge in [0, 0.05) is 42.1 Å². The molecule has 5 rings (SSSR count). The molecule has 2 aliphatic heterocycles. The van der Waals surface area contributed by atoms with Crippen molar-refractivity contribution in [2.75, 3.05) is 13.1 Å². The van der Waals surface area contributed by atoms with Crippen molar-refractivity contribution < 1.29 is 4.79 Å². The van der Waals surface area contributed by atoms with Gasteiger partial charge in [0.2, 0.25) is 5.91 Å². The number of aromatic nitrogens is 3. The second-order valence-electron chi connectivity index (χ2n) is 7.90. The Hall–Kier alpha value is -2.64. The number of nitrogens with one attached hydrogen (secondary N) is 3. The highest BCUT2D eigenvalue weighted by atomic mass is 35.5. The average molecular weight is 414 g/mol. The first-order valence-corrected chi connectivity index (χ1v) is 9.75. The number of nitrogens with zero attached hydrogens (tertiary/aromatic N) is 2. The van der Waals surface area contributed by atoms with Crippen LogP contribution in [0.3, 0.4) is 0 Å². The van der Waals surface area contributed by atoms with Gasteiger partial charge >= 0.3 is 0 Å². The third-order valence-electron chi connectivity index (χ3n) is 6.05. The van der Waals surface area contributed by atoms with E-state index in [0.717, 1.165) is 47.4 Å². The van der Waals surface area contributed by atoms with Gasteiger partial charge < -0.3 is 10.6 Å². The number of carbonyl (C=O) groups excluding carboxylic acids is 1. The number of pyridine rings is 1. The molecule has 29 heavy (non-hydrogen) atoms. The van der Waals surface area contributed by atoms with E-state index < -0.39 is 6.04 Å². The molecule has 0 unspecified atom stereocenters. The van der Waals surface area contributed by atoms with Crippen molar-refractivity contribution >= 4 is 29.2 Å². The molecule has 0 radical (unpaired) electrons. The summed E-state index contributed by atoms with van der Waals surface area (Å²) in [6.07, 6.45) is 0.931. The van der Waals surface area contributed by atoms with Crippen LogP contribution < -0.4 is 16.2 Å². The number of halogens is 1. The first-order valence-electron chi connectivity index (χ1n) is 9.75. The van der Waals surface area contributed by atoms with Gasteiger partial charge in [-0.2, -0.15) is 5.10 Å². The fourth-order valence-corrected chi connectivity index (χ4v) is 4.72. The lowest BCUT2D eigenvalue weighted by molar-refractivity contribution is -0.127. The quantitative estimate of drug-likeness (QED) is 0.612. The van der Waals surface area contributed by atoms with Crippen LogP contribution in [0, 0.1) is 12.8 Å². The van der Waals surface area contributed by atoms with Crippen molar-refractivity contribution in [2.24, 2.45) is 5.92 Å². The molecular weight excluding hydrogens is 390 g/mol. The maximum atomic E-state index is 13.2. The Morgan fingerprint density at radius 2 is 2.14 bits per heavy atom. The first kappa shape index (κ1) is 19.7. The predicted octanol–water partition coefficient (Wildman–Crippen LogP) is 2.02. The van der Waals surface area contributed by atoms with Gasteiger partial charge in [0.1, 0.15) is 6.04 Å². The minimum Gasteiger partial charge on any atom is -0.349 e. The van der Waals surface area contributed by atoms with E-state index in [1.54, 1.807) is 16.7 Å². The van der Waals surface area contributed by atoms with Gasteiger partial charge in [0.25, 0.3) is 5.56 Å². The molecule has 3 aromatic rings. The van der Waals surface area contributed by atoms with Gasteiger partial charge in [-0.05, 0) is 31.5 Å². The normalized spacial score (nSPS) is 22.6. The molecule has 3 atom stereocenters. The van der Waals surface area contributed by atoms with Gasteiger partial charge in [-0.1, -0.05) is 17.7 Å². The Bertz CT molecular complexity index is 1120. The maximum absolute atomic E-state index is 13.2. The van der Waals surface area contributed by atoms with E-state index in [1.165, 1.54) is 0 Å². The number of amides is 1. The Balaban J connectivity index is 0.00000205. The SMILES string of the molecule is Cc1ccc2n[nH]c(CNC(=O)[C@H]3[C@@H]4CNC[C@@H](C4)c4cccc(=O)n43)c2c1.Cl. The van der Waals surface area contributed by atoms with Crippen LogP contribution in [0.4, 0.5) is 0 Å². The minimum atomic E-state index is -0.483. The second-order valence-corrected chi connectivity index (χ2v) is 7.90. The standard InChI is InChI=1S/C21H23N5O2.ClH/c1-12-5-6-16-15(7-12)17(25-24-16)11-23-21(28)20-14-8-13(9-22-10-14)18-3-2-4-19(27)26(18)20;/h2-7,13-14,20,22H,8-11H2,1H3,(H,23,28)(H,24,25);1H/t13-,14+,20-;/m1./s1. The molecule has 1 aromatic carbocycles. The average Bonchev–Trinajstić information content (AvgIpc) is 3.09. The van der Waals surface area contributed by atoms with E-state index in [0.29, 0.717) is 6.54 Å². The first-order chi connectivity index (χ1) is 13.6. The number of hydrogen-bond donors (Lipinski definition) is 3. The summed E-state index contributed by atoms with van der Waals surface area (Å²) in [5, 5.41) is 14.8. The lowest BCUT2D eigenvalue weighted by Gasteiger charge is -2.42. The van der Waals surface area contributed by atoms with E-state index in [-0.39, 0.29) is 35.7 Å². The van der Waals surface area contributed by atoms with Crippen LogP contribution in [-0.4, -0.2) is 33.8 Å². The highest BCUT2D eigenvalue weighted by Crippen LogP contribution is 2.38. The second kappa shape index (κ2) is 7.65. The summed E-state index contributed by atoms with van der Waals surface area (Å²) in [5.74, 6) is 0.292. The van der Waals surface area contributed by atoms with Gasteiger partial charge in [0.15, 0.2) is 0 Å². The molecule has 1 saturated heterocycles. The molecular formula is C21H24ClN5O2. The Labute approximate surface area is 174 Å². The summed E-state index contributed by atoms with van der Waals surface area (Å²) in [7, 11) is 0. The van der Waals surface area contributed by atoms with Crippen molar-refractivity contribution in [1.29, 1.82) is 0 Å². The molecule has 0 aliphatic carbocycles. The van der Waals surface area contributed by atoms with Crippen molar-refractivity contribution in [2.45, 2.75) is 31.8 Å². The third-order valence-corrected chi connectivity index (χ3v) is 6.05. The molecule has 1 fully saturated rings. The third kappa shape index (κ3) is 3.34. The Morgan fingerprint density at radius 1 is 1.28 bits per heavy atom. The fraction of sp³-hybridized carbons (Fsp3) is 0.381. The number of piperidine rings is 1. The summed E-state index contributed by atoms with van der Waals surface area (Å²) < 4.78 is 1.71. The van der Waals surface area contributed by atoms with E-state index in [9.17, 15) is 9.59 Å². The molecule has 2 bridgehead atoms. The van der Waals surface area contributed by atoms with Crippen LogP contribution >= 0.6 is 12.4 Å². The molecule has 2 aliphatic rings. The number of benzene rings is 1. The summed E-state index contributed by atoms with van der Waals surface area (Å²) in [4.78, 5) is 25.8. The number of aromatic amines is 1. The van der Waals surface area contributed by atoms with Crippen LogP contribution in [0.1, 0.15) is 35.3 Å². The van der Waals surface area contributed by atoms with E-state index in [1.807, 2.05) is 25.1 Å². The molecule has 2 aromatic heterocycles. The summed E-state index contributed by atoms with van der Waals surface area (Å²) in [5.41, 5.74) is 3.76. The van der Waals surface area contributed by atoms with Crippen LogP contribution in [0.2, 0.25) is 0 Å². The Kier molecular flexibility index (Phi) is 5.19. The van der Waals surface area contributed by atoms with Crippen LogP contribution in [0.5, 0.6) is 0 Å². The number of carbonyl (C=O) groups is 1. The zero-order valence-corrected chi connectivity index (χ0v) is 17.0. The largest absolute Gasteiger partial charge is 0.349 e. The molecule has 7 nitrogen and oxygen atoms in total. The lowest BCUT2D eigenvalue weighted by Crippen LogP contribution is -2.52. The van der Waals surface area contributed by atoms with E-state index in [2.05, 4.69) is 26.9 Å². The summed E-state index contributed by atoms with van der Waals surface area (Å²) >= 11 is 0. The molecule has 8 heteroatoms. The number of hydrogen-bond acceptors (Lipinski definition) is 4. The molecule has 3 N–H and O–H groups in total. The number of aryl methyl sites for hydroxylation is 1. The highest BCUT2D eigenvalue weighted by molar-refractivity contribution is 5.85. The van der Waals surface area contributed by atoms with Gasteiger partial charge in [-0.3, -0.25) is 19.3 Å². The van der Waals surface area contributed by atoms with Gasteiger partial charge in [0.05, 0.1) is 17.8 Å². The zero-order valence-electron chi connectivity index (χ0n) is 16.1. The fourth-order valence-electron chi connectivity index (χ4n) is 4.72. The topological polar surface area (TPSA) is 91.8 Å². The van der Waals surface area contributed by atoms with Gasteiger partial charge in [-0.15, -0.1) is 12.4 Å². The van der Waals surface area contributed by atoms with Gasteiger partial charge in [-0.25, -0.2) is 0 Å². The zero-order chi connectivity index (χ0) is 19.3. The van der Waals surface area contributed by atoms with Crippen molar-refractivity contribution in [3.05, 3.63) is 63.7 Å². The van der Waals surface area contributed by atoms with E-state index >= 15 is 0 Å². The van der Waals surface area contributed by atoms with Crippen molar-refractivity contribution in [1.82, 2.24) is 25.4 Å². The number of fused-ring (bicyclic) bond motifs is 5. The molecule has 152 valence electrons. The molecule has 4 heterocycles. The smallest absolute Gasteiger partial charge is 0.251 e. The summed E-state index contributed by atoms with van der Waals surface area (Å²) in [6, 6.07) is 10.9. The van der Waals surface area contributed by atoms with Crippen LogP contribution in [0.25, 0.3) is 10.9 Å². The lowest BCUT2D eigenvalue weighted by atomic mass is 9.79. The highest BCUT2D eigenvalue weighted by Gasteiger charge is 2.41. The molecule has 1 amide bonds. The number of rotatable bonds is 3. The molecule has 0 saturated carbocycles. The van der Waals surface area contributed by atoms with E-state index in [4.69, 9.17) is 0 Å². The van der Waals surface area contributed by atoms with Crippen LogP contribution in [-0.2, 0) is 11.3 Å². The maximum Gasteiger partial charge on any atom is 0.251 e.